The van der Waals surface area contributed by atoms with E-state index in [9.17, 15) is 9.90 Å². The van der Waals surface area contributed by atoms with Crippen molar-refractivity contribution in [3.8, 4) is 0 Å². The smallest absolute Gasteiger partial charge is 0.207 e. The van der Waals surface area contributed by atoms with Gasteiger partial charge in [0.25, 0.3) is 0 Å². The number of aliphatic hydroxyl groups excluding tert-OH is 1. The van der Waals surface area contributed by atoms with E-state index in [0.29, 0.717) is 5.39 Å². The van der Waals surface area contributed by atoms with Crippen LogP contribution >= 0.6 is 0 Å². The van der Waals surface area contributed by atoms with Crippen LogP contribution in [-0.4, -0.2) is 21.0 Å². The van der Waals surface area contributed by atoms with Gasteiger partial charge in [0.05, 0.1) is 23.9 Å². The lowest BCUT2D eigenvalue weighted by molar-refractivity contribution is 0.132. The predicted octanol–water partition coefficient (Wildman–Crippen LogP) is 1.48. The molecule has 1 saturated carbocycles. The fraction of sp³-hybridized carbons (Fsp3) is 0.385. The Kier molecular flexibility index (Phi) is 2.44. The van der Waals surface area contributed by atoms with E-state index >= 15 is 0 Å². The van der Waals surface area contributed by atoms with E-state index in [1.807, 2.05) is 18.2 Å². The molecule has 17 heavy (non-hydrogen) atoms. The zero-order valence-corrected chi connectivity index (χ0v) is 9.41. The minimum absolute atomic E-state index is 0.000463. The van der Waals surface area contributed by atoms with Crippen molar-refractivity contribution < 1.29 is 5.11 Å². The van der Waals surface area contributed by atoms with Crippen molar-refractivity contribution in [2.45, 2.75) is 31.4 Å². The summed E-state index contributed by atoms with van der Waals surface area (Å²) in [5.74, 6) is 0. The first-order valence-electron chi connectivity index (χ1n) is 5.92. The van der Waals surface area contributed by atoms with E-state index in [0.717, 1.165) is 24.8 Å². The zero-order valence-electron chi connectivity index (χ0n) is 9.41. The number of aliphatic hydroxyl groups is 1. The van der Waals surface area contributed by atoms with Crippen LogP contribution in [0.5, 0.6) is 0 Å². The number of benzene rings is 1. The topological polar surface area (TPSA) is 55.1 Å². The molecule has 88 valence electrons. The van der Waals surface area contributed by atoms with Gasteiger partial charge in [0.1, 0.15) is 0 Å². The molecule has 4 nitrogen and oxygen atoms in total. The van der Waals surface area contributed by atoms with Gasteiger partial charge in [-0.1, -0.05) is 12.1 Å². The minimum atomic E-state index is -0.353. The monoisotopic (exact) mass is 230 g/mol. The second-order valence-corrected chi connectivity index (χ2v) is 4.54. The molecule has 0 unspecified atom stereocenters. The van der Waals surface area contributed by atoms with Crippen molar-refractivity contribution in [1.82, 2.24) is 9.78 Å². The Morgan fingerprint density at radius 3 is 2.88 bits per heavy atom. The SMILES string of the molecule is O=c1cnn([C@H]2CCC[C@@H]2O)c2ccccc12. The fourth-order valence-electron chi connectivity index (χ4n) is 2.60. The molecular formula is C13H14N2O2. The van der Waals surface area contributed by atoms with Gasteiger partial charge in [0.15, 0.2) is 0 Å². The number of para-hydroxylation sites is 1. The Morgan fingerprint density at radius 1 is 1.29 bits per heavy atom. The van der Waals surface area contributed by atoms with Crippen LogP contribution in [0, 0.1) is 0 Å². The summed E-state index contributed by atoms with van der Waals surface area (Å²) in [7, 11) is 0. The summed E-state index contributed by atoms with van der Waals surface area (Å²) in [6, 6.07) is 7.42. The Labute approximate surface area is 98.5 Å². The average Bonchev–Trinajstić information content (AvgIpc) is 2.77. The third-order valence-corrected chi connectivity index (χ3v) is 3.47. The van der Waals surface area contributed by atoms with E-state index in [-0.39, 0.29) is 17.6 Å². The molecule has 0 radical (unpaired) electrons. The average molecular weight is 230 g/mol. The molecule has 1 N–H and O–H groups in total. The third kappa shape index (κ3) is 1.65. The second-order valence-electron chi connectivity index (χ2n) is 4.54. The summed E-state index contributed by atoms with van der Waals surface area (Å²) >= 11 is 0. The maximum Gasteiger partial charge on any atom is 0.207 e. The normalized spacial score (nSPS) is 24.3. The van der Waals surface area contributed by atoms with Crippen LogP contribution in [0.3, 0.4) is 0 Å². The molecule has 2 atom stereocenters. The molecule has 3 rings (SSSR count). The van der Waals surface area contributed by atoms with Crippen LogP contribution < -0.4 is 5.43 Å². The Hall–Kier alpha value is -1.68. The molecule has 1 aliphatic rings. The highest BCUT2D eigenvalue weighted by Gasteiger charge is 2.28. The number of rotatable bonds is 1. The molecule has 1 heterocycles. The first-order chi connectivity index (χ1) is 8.27. The highest BCUT2D eigenvalue weighted by atomic mass is 16.3. The summed E-state index contributed by atoms with van der Waals surface area (Å²) < 4.78 is 1.80. The predicted molar refractivity (Wildman–Crippen MR) is 64.9 cm³/mol. The molecule has 0 bridgehead atoms. The van der Waals surface area contributed by atoms with Gasteiger partial charge in [-0.15, -0.1) is 0 Å². The number of fused-ring (bicyclic) bond motifs is 1. The van der Waals surface area contributed by atoms with Crippen LogP contribution in [-0.2, 0) is 0 Å². The van der Waals surface area contributed by atoms with E-state index < -0.39 is 0 Å². The molecule has 1 aromatic heterocycles. The van der Waals surface area contributed by atoms with Crippen molar-refractivity contribution in [1.29, 1.82) is 0 Å². The molecule has 1 fully saturated rings. The van der Waals surface area contributed by atoms with Crippen LogP contribution in [0.4, 0.5) is 0 Å². The number of aromatic nitrogens is 2. The highest BCUT2D eigenvalue weighted by Crippen LogP contribution is 2.30. The van der Waals surface area contributed by atoms with Gasteiger partial charge in [-0.3, -0.25) is 9.48 Å². The van der Waals surface area contributed by atoms with Gasteiger partial charge in [-0.25, -0.2) is 0 Å². The highest BCUT2D eigenvalue weighted by molar-refractivity contribution is 5.78. The van der Waals surface area contributed by atoms with Gasteiger partial charge in [0, 0.05) is 5.39 Å². The molecule has 0 saturated heterocycles. The molecule has 1 aliphatic carbocycles. The van der Waals surface area contributed by atoms with E-state index in [1.165, 1.54) is 6.20 Å². The zero-order chi connectivity index (χ0) is 11.8. The lowest BCUT2D eigenvalue weighted by Gasteiger charge is -2.19. The van der Waals surface area contributed by atoms with Crippen LogP contribution in [0.2, 0.25) is 0 Å². The first kappa shape index (κ1) is 10.5. The quantitative estimate of drug-likeness (QED) is 0.807. The summed E-state index contributed by atoms with van der Waals surface area (Å²) in [6.07, 6.45) is 3.73. The molecule has 0 aliphatic heterocycles. The molecular weight excluding hydrogens is 216 g/mol. The van der Waals surface area contributed by atoms with Gasteiger partial charge in [-0.05, 0) is 31.4 Å². The van der Waals surface area contributed by atoms with Crippen molar-refractivity contribution in [3.05, 3.63) is 40.7 Å². The maximum atomic E-state index is 11.7. The maximum absolute atomic E-state index is 11.7. The van der Waals surface area contributed by atoms with Gasteiger partial charge in [0.2, 0.25) is 5.43 Å². The molecule has 1 aromatic carbocycles. The Balaban J connectivity index is 2.23. The largest absolute Gasteiger partial charge is 0.391 e. The van der Waals surface area contributed by atoms with Crippen molar-refractivity contribution >= 4 is 10.9 Å². The molecule has 0 amide bonds. The first-order valence-corrected chi connectivity index (χ1v) is 5.92. The second kappa shape index (κ2) is 3.96. The number of hydrogen-bond donors (Lipinski definition) is 1. The summed E-state index contributed by atoms with van der Waals surface area (Å²) in [5.41, 5.74) is 0.746. The fourth-order valence-corrected chi connectivity index (χ4v) is 2.60. The third-order valence-electron chi connectivity index (χ3n) is 3.47. The number of nitrogens with zero attached hydrogens (tertiary/aromatic N) is 2. The standard InChI is InChI=1S/C13H14N2O2/c16-12-7-3-6-11(12)15-10-5-2-1-4-9(10)13(17)8-14-15/h1-2,4-5,8,11-12,16H,3,6-7H2/t11-,12-/m0/s1. The lowest BCUT2D eigenvalue weighted by Crippen LogP contribution is -2.23. The molecule has 4 heteroatoms. The van der Waals surface area contributed by atoms with Gasteiger partial charge >= 0.3 is 0 Å². The van der Waals surface area contributed by atoms with Crippen LogP contribution in [0.1, 0.15) is 25.3 Å². The van der Waals surface area contributed by atoms with Crippen molar-refractivity contribution in [3.63, 3.8) is 0 Å². The van der Waals surface area contributed by atoms with E-state index in [4.69, 9.17) is 0 Å². The summed E-state index contributed by atoms with van der Waals surface area (Å²) in [4.78, 5) is 11.7. The van der Waals surface area contributed by atoms with Crippen LogP contribution in [0.15, 0.2) is 35.3 Å². The van der Waals surface area contributed by atoms with Crippen molar-refractivity contribution in [2.24, 2.45) is 0 Å². The van der Waals surface area contributed by atoms with Crippen molar-refractivity contribution in [2.75, 3.05) is 0 Å². The number of hydrogen-bond acceptors (Lipinski definition) is 3. The minimum Gasteiger partial charge on any atom is -0.391 e. The Bertz CT molecular complexity index is 606. The molecule has 0 spiro atoms. The molecule has 2 aromatic rings. The van der Waals surface area contributed by atoms with Gasteiger partial charge < -0.3 is 5.11 Å². The van der Waals surface area contributed by atoms with Gasteiger partial charge in [-0.2, -0.15) is 5.10 Å². The summed E-state index contributed by atoms with van der Waals surface area (Å²) in [5, 5.41) is 14.8. The lowest BCUT2D eigenvalue weighted by atomic mass is 10.1. The van der Waals surface area contributed by atoms with E-state index in [2.05, 4.69) is 5.10 Å². The van der Waals surface area contributed by atoms with Crippen LogP contribution in [0.25, 0.3) is 10.9 Å². The van der Waals surface area contributed by atoms with E-state index in [1.54, 1.807) is 10.7 Å². The summed E-state index contributed by atoms with van der Waals surface area (Å²) in [6.45, 7) is 0. The Morgan fingerprint density at radius 2 is 2.12 bits per heavy atom.